The van der Waals surface area contributed by atoms with E-state index in [0.29, 0.717) is 0 Å². The minimum Gasteiger partial charge on any atom is -0.264 e. The molecule has 2 rings (SSSR count). The third-order valence-electron chi connectivity index (χ3n) is 2.57. The number of nitrogens with zero attached hydrogens (tertiary/aromatic N) is 3. The predicted molar refractivity (Wildman–Crippen MR) is 68.7 cm³/mol. The average molecular weight is 227 g/mol. The van der Waals surface area contributed by atoms with Crippen LogP contribution in [0.5, 0.6) is 0 Å². The zero-order valence-electron chi connectivity index (χ0n) is 10.6. The van der Waals surface area contributed by atoms with Gasteiger partial charge in [-0.05, 0) is 38.0 Å². The van der Waals surface area contributed by atoms with Gasteiger partial charge in [0.05, 0.1) is 5.69 Å². The van der Waals surface area contributed by atoms with E-state index in [2.05, 4.69) is 34.0 Å². The maximum Gasteiger partial charge on any atom is 0.126 e. The third kappa shape index (κ3) is 2.87. The van der Waals surface area contributed by atoms with Crippen molar-refractivity contribution in [2.24, 2.45) is 0 Å². The Morgan fingerprint density at radius 2 is 1.88 bits per heavy atom. The van der Waals surface area contributed by atoms with Gasteiger partial charge in [0.15, 0.2) is 0 Å². The zero-order chi connectivity index (χ0) is 12.3. The summed E-state index contributed by atoms with van der Waals surface area (Å²) in [6.07, 6.45) is 5.80. The van der Waals surface area contributed by atoms with E-state index >= 15 is 0 Å². The van der Waals surface area contributed by atoms with Gasteiger partial charge in [0, 0.05) is 23.7 Å². The molecule has 0 aromatic carbocycles. The van der Waals surface area contributed by atoms with Crippen LogP contribution in [0.25, 0.3) is 11.3 Å². The van der Waals surface area contributed by atoms with Crippen molar-refractivity contribution in [3.05, 3.63) is 41.6 Å². The Kier molecular flexibility index (Phi) is 3.47. The van der Waals surface area contributed by atoms with Gasteiger partial charge in [-0.3, -0.25) is 4.98 Å². The molecule has 0 bridgehead atoms. The molecule has 2 aromatic rings. The molecule has 2 heterocycles. The summed E-state index contributed by atoms with van der Waals surface area (Å²) < 4.78 is 0. The summed E-state index contributed by atoms with van der Waals surface area (Å²) >= 11 is 0. The molecule has 0 unspecified atom stereocenters. The topological polar surface area (TPSA) is 38.7 Å². The van der Waals surface area contributed by atoms with Crippen LogP contribution in [0.3, 0.4) is 0 Å². The molecule has 88 valence electrons. The lowest BCUT2D eigenvalue weighted by atomic mass is 10.1. The lowest BCUT2D eigenvalue weighted by Gasteiger charge is -2.05. The molecule has 17 heavy (non-hydrogen) atoms. The molecule has 0 radical (unpaired) electrons. The Morgan fingerprint density at radius 3 is 2.59 bits per heavy atom. The highest BCUT2D eigenvalue weighted by molar-refractivity contribution is 5.58. The molecule has 0 N–H and O–H groups in total. The second-order valence-electron chi connectivity index (χ2n) is 4.29. The van der Waals surface area contributed by atoms with Gasteiger partial charge >= 0.3 is 0 Å². The molecule has 3 heteroatoms. The summed E-state index contributed by atoms with van der Waals surface area (Å²) in [5.74, 6) is 0.826. The normalized spacial score (nSPS) is 10.5. The number of aromatic nitrogens is 3. The number of aryl methyl sites for hydroxylation is 3. The van der Waals surface area contributed by atoms with Crippen molar-refractivity contribution >= 4 is 0 Å². The van der Waals surface area contributed by atoms with Gasteiger partial charge in [0.25, 0.3) is 0 Å². The highest BCUT2D eigenvalue weighted by atomic mass is 14.9. The Hall–Kier alpha value is -1.77. The molecular formula is C14H17N3. The summed E-state index contributed by atoms with van der Waals surface area (Å²) in [5, 5.41) is 0. The molecule has 2 aromatic heterocycles. The van der Waals surface area contributed by atoms with E-state index in [1.165, 1.54) is 0 Å². The summed E-state index contributed by atoms with van der Waals surface area (Å²) in [7, 11) is 0. The minimum absolute atomic E-state index is 0.826. The number of rotatable bonds is 3. The first-order valence-electron chi connectivity index (χ1n) is 5.95. The monoisotopic (exact) mass is 227 g/mol. The summed E-state index contributed by atoms with van der Waals surface area (Å²) in [5.41, 5.74) is 4.29. The van der Waals surface area contributed by atoms with Crippen molar-refractivity contribution in [3.8, 4) is 11.3 Å². The second-order valence-corrected chi connectivity index (χ2v) is 4.29. The molecule has 0 spiro atoms. The molecular weight excluding hydrogens is 210 g/mol. The van der Waals surface area contributed by atoms with Gasteiger partial charge in [0.1, 0.15) is 5.82 Å². The van der Waals surface area contributed by atoms with Gasteiger partial charge < -0.3 is 0 Å². The van der Waals surface area contributed by atoms with Crippen molar-refractivity contribution < 1.29 is 0 Å². The number of hydrogen-bond donors (Lipinski definition) is 0. The van der Waals surface area contributed by atoms with Crippen LogP contribution in [0.2, 0.25) is 0 Å². The molecule has 0 aliphatic heterocycles. The highest BCUT2D eigenvalue weighted by Gasteiger charge is 2.04. The van der Waals surface area contributed by atoms with Crippen LogP contribution in [0.4, 0.5) is 0 Å². The van der Waals surface area contributed by atoms with E-state index in [9.17, 15) is 0 Å². The fraction of sp³-hybridized carbons (Fsp3) is 0.357. The van der Waals surface area contributed by atoms with Crippen LogP contribution < -0.4 is 0 Å². The minimum atomic E-state index is 0.826. The van der Waals surface area contributed by atoms with Gasteiger partial charge in [-0.25, -0.2) is 9.97 Å². The van der Waals surface area contributed by atoms with Gasteiger partial charge in [-0.15, -0.1) is 0 Å². The van der Waals surface area contributed by atoms with E-state index in [1.807, 2.05) is 26.2 Å². The van der Waals surface area contributed by atoms with Crippen LogP contribution in [-0.4, -0.2) is 15.0 Å². The highest BCUT2D eigenvalue weighted by Crippen LogP contribution is 2.18. The Morgan fingerprint density at radius 1 is 1.06 bits per heavy atom. The van der Waals surface area contributed by atoms with E-state index in [-0.39, 0.29) is 0 Å². The fourth-order valence-electron chi connectivity index (χ4n) is 1.86. The van der Waals surface area contributed by atoms with Crippen LogP contribution in [-0.2, 0) is 6.42 Å². The van der Waals surface area contributed by atoms with Crippen molar-refractivity contribution in [1.82, 2.24) is 15.0 Å². The van der Waals surface area contributed by atoms with Gasteiger partial charge in [0.2, 0.25) is 0 Å². The smallest absolute Gasteiger partial charge is 0.126 e. The lowest BCUT2D eigenvalue weighted by molar-refractivity contribution is 0.858. The molecule has 0 amide bonds. The quantitative estimate of drug-likeness (QED) is 0.808. The average Bonchev–Trinajstić information content (AvgIpc) is 2.28. The van der Waals surface area contributed by atoms with Crippen LogP contribution in [0.15, 0.2) is 24.5 Å². The fourth-order valence-corrected chi connectivity index (χ4v) is 1.86. The first-order chi connectivity index (χ1) is 8.19. The zero-order valence-corrected chi connectivity index (χ0v) is 10.6. The van der Waals surface area contributed by atoms with Crippen LogP contribution in [0.1, 0.15) is 30.4 Å². The Balaban J connectivity index is 2.44. The Labute approximate surface area is 102 Å². The second kappa shape index (κ2) is 5.04. The summed E-state index contributed by atoms with van der Waals surface area (Å²) in [6.45, 7) is 6.13. The van der Waals surface area contributed by atoms with Crippen molar-refractivity contribution in [3.63, 3.8) is 0 Å². The first kappa shape index (κ1) is 11.7. The molecule has 0 aliphatic rings. The predicted octanol–water partition coefficient (Wildman–Crippen LogP) is 3.11. The molecule has 0 aliphatic carbocycles. The molecule has 0 atom stereocenters. The summed E-state index contributed by atoms with van der Waals surface area (Å²) in [6, 6.07) is 4.16. The van der Waals surface area contributed by atoms with Crippen molar-refractivity contribution in [1.29, 1.82) is 0 Å². The van der Waals surface area contributed by atoms with Gasteiger partial charge in [-0.2, -0.15) is 0 Å². The maximum absolute atomic E-state index is 4.48. The number of hydrogen-bond acceptors (Lipinski definition) is 3. The Bertz CT molecular complexity index is 521. The van der Waals surface area contributed by atoms with E-state index in [0.717, 1.165) is 41.2 Å². The molecule has 0 fully saturated rings. The first-order valence-corrected chi connectivity index (χ1v) is 5.95. The maximum atomic E-state index is 4.48. The van der Waals surface area contributed by atoms with Crippen molar-refractivity contribution in [2.75, 3.05) is 0 Å². The number of pyridine rings is 1. The van der Waals surface area contributed by atoms with E-state index in [1.54, 1.807) is 0 Å². The van der Waals surface area contributed by atoms with E-state index < -0.39 is 0 Å². The van der Waals surface area contributed by atoms with Crippen LogP contribution >= 0.6 is 0 Å². The molecule has 3 nitrogen and oxygen atoms in total. The van der Waals surface area contributed by atoms with Crippen LogP contribution in [0, 0.1) is 13.8 Å². The molecule has 0 saturated carbocycles. The van der Waals surface area contributed by atoms with Crippen molar-refractivity contribution in [2.45, 2.75) is 33.6 Å². The molecule has 0 saturated heterocycles. The largest absolute Gasteiger partial charge is 0.264 e. The van der Waals surface area contributed by atoms with E-state index in [4.69, 9.17) is 0 Å². The SMILES string of the molecule is CCCc1cc(-c2cncc(C)c2)nc(C)n1. The summed E-state index contributed by atoms with van der Waals surface area (Å²) in [4.78, 5) is 13.1. The standard InChI is InChI=1S/C14H17N3/c1-4-5-13-7-14(17-11(3)16-13)12-6-10(2)8-15-9-12/h6-9H,4-5H2,1-3H3. The lowest BCUT2D eigenvalue weighted by Crippen LogP contribution is -1.98. The van der Waals surface area contributed by atoms with Gasteiger partial charge in [-0.1, -0.05) is 13.3 Å². The third-order valence-corrected chi connectivity index (χ3v) is 2.57.